The fourth-order valence-electron chi connectivity index (χ4n) is 2.89. The summed E-state index contributed by atoms with van der Waals surface area (Å²) in [6.07, 6.45) is 0.499. The molecule has 3 rings (SSSR count). The molecule has 3 N–H and O–H groups in total. The number of carbonyl (C=O) groups excluding carboxylic acids is 5. The molecule has 5 amide bonds. The van der Waals surface area contributed by atoms with Gasteiger partial charge in [0.05, 0.1) is 18.7 Å². The summed E-state index contributed by atoms with van der Waals surface area (Å²) < 4.78 is 0. The van der Waals surface area contributed by atoms with Crippen molar-refractivity contribution in [2.24, 2.45) is 0 Å². The lowest BCUT2D eigenvalue weighted by Gasteiger charge is -2.14. The number of hydrazine groups is 1. The van der Waals surface area contributed by atoms with Crippen LogP contribution in [-0.2, 0) is 25.6 Å². The van der Waals surface area contributed by atoms with Crippen LogP contribution in [0.4, 0.5) is 5.69 Å². The Balaban J connectivity index is 1.43. The zero-order chi connectivity index (χ0) is 21.5. The topological polar surface area (TPSA) is 125 Å². The van der Waals surface area contributed by atoms with Gasteiger partial charge in [-0.15, -0.1) is 0 Å². The normalized spacial score (nSPS) is 13.1. The third-order valence-electron chi connectivity index (χ3n) is 4.41. The zero-order valence-corrected chi connectivity index (χ0v) is 16.0. The highest BCUT2D eigenvalue weighted by molar-refractivity contribution is 6.19. The van der Waals surface area contributed by atoms with Crippen molar-refractivity contribution in [1.82, 2.24) is 16.2 Å². The average molecular weight is 408 g/mol. The van der Waals surface area contributed by atoms with Crippen molar-refractivity contribution in [1.29, 1.82) is 0 Å². The maximum absolute atomic E-state index is 12.1. The first kappa shape index (κ1) is 20.7. The summed E-state index contributed by atoms with van der Waals surface area (Å²) in [6, 6.07) is 15.0. The Morgan fingerprint density at radius 3 is 2.07 bits per heavy atom. The summed E-state index contributed by atoms with van der Waals surface area (Å²) in [5, 5.41) is 2.47. The van der Waals surface area contributed by atoms with Crippen molar-refractivity contribution in [3.05, 3.63) is 65.7 Å². The Bertz CT molecular complexity index is 957. The largest absolute Gasteiger partial charge is 0.347 e. The second-order valence-corrected chi connectivity index (χ2v) is 6.61. The van der Waals surface area contributed by atoms with Gasteiger partial charge in [0.25, 0.3) is 11.8 Å². The van der Waals surface area contributed by atoms with Crippen LogP contribution in [0.3, 0.4) is 0 Å². The minimum absolute atomic E-state index is 0.148. The van der Waals surface area contributed by atoms with Gasteiger partial charge in [-0.3, -0.25) is 39.7 Å². The highest BCUT2D eigenvalue weighted by Gasteiger charge is 2.30. The fraction of sp³-hybridized carbons (Fsp3) is 0.190. The molecule has 154 valence electrons. The number of rotatable bonds is 6. The molecule has 30 heavy (non-hydrogen) atoms. The van der Waals surface area contributed by atoms with Crippen LogP contribution < -0.4 is 21.1 Å². The fourth-order valence-corrected chi connectivity index (χ4v) is 2.89. The molecular weight excluding hydrogens is 388 g/mol. The van der Waals surface area contributed by atoms with E-state index in [2.05, 4.69) is 16.2 Å². The van der Waals surface area contributed by atoms with Crippen LogP contribution in [0.2, 0.25) is 0 Å². The van der Waals surface area contributed by atoms with Gasteiger partial charge in [0.15, 0.2) is 0 Å². The summed E-state index contributed by atoms with van der Waals surface area (Å²) >= 11 is 0. The first-order valence-corrected chi connectivity index (χ1v) is 9.29. The van der Waals surface area contributed by atoms with E-state index in [-0.39, 0.29) is 49.1 Å². The Morgan fingerprint density at radius 1 is 0.800 bits per heavy atom. The average Bonchev–Trinajstić information content (AvgIpc) is 3.09. The Morgan fingerprint density at radius 2 is 1.43 bits per heavy atom. The summed E-state index contributed by atoms with van der Waals surface area (Å²) in [7, 11) is 0. The molecule has 0 spiro atoms. The summed E-state index contributed by atoms with van der Waals surface area (Å²) in [5.41, 5.74) is 5.90. The number of benzene rings is 2. The van der Waals surface area contributed by atoms with Crippen molar-refractivity contribution < 1.29 is 24.0 Å². The van der Waals surface area contributed by atoms with Gasteiger partial charge < -0.3 is 5.32 Å². The van der Waals surface area contributed by atoms with Gasteiger partial charge in [-0.05, 0) is 29.8 Å². The highest BCUT2D eigenvalue weighted by Crippen LogP contribution is 2.22. The Labute approximate surface area is 172 Å². The second-order valence-electron chi connectivity index (χ2n) is 6.61. The van der Waals surface area contributed by atoms with Crippen LogP contribution in [0.5, 0.6) is 0 Å². The van der Waals surface area contributed by atoms with Gasteiger partial charge in [-0.2, -0.15) is 0 Å². The van der Waals surface area contributed by atoms with Crippen molar-refractivity contribution in [2.45, 2.75) is 19.3 Å². The molecule has 0 saturated carbocycles. The lowest BCUT2D eigenvalue weighted by Crippen LogP contribution is -2.46. The molecular formula is C21H20N4O5. The van der Waals surface area contributed by atoms with Crippen LogP contribution >= 0.6 is 0 Å². The molecule has 9 heteroatoms. The lowest BCUT2D eigenvalue weighted by molar-refractivity contribution is -0.126. The van der Waals surface area contributed by atoms with Gasteiger partial charge >= 0.3 is 0 Å². The first-order chi connectivity index (χ1) is 14.4. The minimum atomic E-state index is -0.588. The van der Waals surface area contributed by atoms with Gasteiger partial charge in [-0.25, -0.2) is 0 Å². The number of hydrogen-bond donors (Lipinski definition) is 3. The molecule has 0 aliphatic carbocycles. The number of imide groups is 1. The highest BCUT2D eigenvalue weighted by atomic mass is 16.2. The molecule has 1 fully saturated rings. The van der Waals surface area contributed by atoms with E-state index in [1.54, 1.807) is 12.1 Å². The molecule has 0 radical (unpaired) electrons. The molecule has 9 nitrogen and oxygen atoms in total. The third-order valence-corrected chi connectivity index (χ3v) is 4.41. The van der Waals surface area contributed by atoms with E-state index in [9.17, 15) is 24.0 Å². The smallest absolute Gasteiger partial charge is 0.269 e. The van der Waals surface area contributed by atoms with Crippen LogP contribution in [0.15, 0.2) is 54.6 Å². The molecule has 2 aromatic carbocycles. The maximum atomic E-state index is 12.1. The summed E-state index contributed by atoms with van der Waals surface area (Å²) in [4.78, 5) is 60.3. The van der Waals surface area contributed by atoms with E-state index in [1.165, 1.54) is 24.3 Å². The molecule has 1 saturated heterocycles. The number of nitrogens with zero attached hydrogens (tertiary/aromatic N) is 1. The van der Waals surface area contributed by atoms with E-state index < -0.39 is 11.8 Å². The Kier molecular flexibility index (Phi) is 6.53. The quantitative estimate of drug-likeness (QED) is 0.473. The van der Waals surface area contributed by atoms with Gasteiger partial charge in [0.1, 0.15) is 0 Å². The number of carbonyl (C=O) groups is 5. The molecule has 2 aromatic rings. The molecule has 0 bridgehead atoms. The standard InChI is InChI=1S/C21H20N4O5/c26-17(12-14-4-2-1-3-5-14)22-13-18(27)23-24-21(30)15-6-8-16(9-7-15)25-19(28)10-11-20(25)29/h1-9H,10-13H2,(H,22,26)(H,23,27)(H,24,30). The predicted octanol–water partition coefficient (Wildman–Crippen LogP) is 0.460. The van der Waals surface area contributed by atoms with E-state index >= 15 is 0 Å². The van der Waals surface area contributed by atoms with E-state index in [4.69, 9.17) is 0 Å². The lowest BCUT2D eigenvalue weighted by atomic mass is 10.1. The molecule has 0 unspecified atom stereocenters. The number of hydrogen-bond acceptors (Lipinski definition) is 5. The van der Waals surface area contributed by atoms with Crippen molar-refractivity contribution in [3.8, 4) is 0 Å². The van der Waals surface area contributed by atoms with E-state index in [0.29, 0.717) is 5.69 Å². The van der Waals surface area contributed by atoms with Crippen LogP contribution in [0, 0.1) is 0 Å². The van der Waals surface area contributed by atoms with E-state index in [0.717, 1.165) is 10.5 Å². The number of amides is 5. The molecule has 1 aliphatic heterocycles. The predicted molar refractivity (Wildman–Crippen MR) is 107 cm³/mol. The van der Waals surface area contributed by atoms with Gasteiger partial charge in [0.2, 0.25) is 17.7 Å². The number of nitrogens with one attached hydrogen (secondary N) is 3. The molecule has 0 aromatic heterocycles. The SMILES string of the molecule is O=C(Cc1ccccc1)NCC(=O)NNC(=O)c1ccc(N2C(=O)CCC2=O)cc1. The number of anilines is 1. The molecule has 1 heterocycles. The Hall–Kier alpha value is -4.01. The van der Waals surface area contributed by atoms with E-state index in [1.807, 2.05) is 18.2 Å². The summed E-state index contributed by atoms with van der Waals surface area (Å²) in [5.74, 6) is -2.04. The van der Waals surface area contributed by atoms with Crippen molar-refractivity contribution in [3.63, 3.8) is 0 Å². The maximum Gasteiger partial charge on any atom is 0.269 e. The zero-order valence-electron chi connectivity index (χ0n) is 16.0. The third kappa shape index (κ3) is 5.28. The van der Waals surface area contributed by atoms with Crippen molar-refractivity contribution >= 4 is 35.2 Å². The van der Waals surface area contributed by atoms with Crippen molar-refractivity contribution in [2.75, 3.05) is 11.4 Å². The monoisotopic (exact) mass is 408 g/mol. The molecule has 1 aliphatic rings. The molecule has 0 atom stereocenters. The van der Waals surface area contributed by atoms with Gasteiger partial charge in [0, 0.05) is 18.4 Å². The van der Waals surface area contributed by atoms with Crippen LogP contribution in [-0.4, -0.2) is 36.1 Å². The minimum Gasteiger partial charge on any atom is -0.347 e. The van der Waals surface area contributed by atoms with Crippen LogP contribution in [0.1, 0.15) is 28.8 Å². The first-order valence-electron chi connectivity index (χ1n) is 9.29. The van der Waals surface area contributed by atoms with Gasteiger partial charge in [-0.1, -0.05) is 30.3 Å². The van der Waals surface area contributed by atoms with Crippen LogP contribution in [0.25, 0.3) is 0 Å². The summed E-state index contributed by atoms with van der Waals surface area (Å²) in [6.45, 7) is -0.288. The second kappa shape index (κ2) is 9.46.